The largest absolute Gasteiger partial charge is 0.480 e. The Morgan fingerprint density at radius 3 is 2.60 bits per heavy atom. The molecule has 1 atom stereocenters. The van der Waals surface area contributed by atoms with Crippen LogP contribution < -0.4 is 10.1 Å². The number of nitrogens with one attached hydrogen (secondary N) is 1. The summed E-state index contributed by atoms with van der Waals surface area (Å²) in [6.45, 7) is 11.0. The van der Waals surface area contributed by atoms with E-state index < -0.39 is 6.10 Å². The molecule has 1 aromatic carbocycles. The summed E-state index contributed by atoms with van der Waals surface area (Å²) in [4.78, 5) is 12.1. The van der Waals surface area contributed by atoms with Crippen molar-refractivity contribution in [3.8, 4) is 5.75 Å². The maximum atomic E-state index is 12.1. The average molecular weight is 277 g/mol. The Morgan fingerprint density at radius 2 is 2.00 bits per heavy atom. The first kappa shape index (κ1) is 16.5. The molecule has 0 spiro atoms. The molecule has 0 saturated carbocycles. The molecule has 1 aromatic rings. The lowest BCUT2D eigenvalue weighted by Gasteiger charge is -2.19. The molecule has 0 unspecified atom stereocenters. The molecule has 0 radical (unpaired) electrons. The predicted molar refractivity (Wildman–Crippen MR) is 83.1 cm³/mol. The van der Waals surface area contributed by atoms with Gasteiger partial charge in [0, 0.05) is 6.54 Å². The molecule has 0 aromatic heterocycles. The van der Waals surface area contributed by atoms with Gasteiger partial charge in [-0.25, -0.2) is 0 Å². The number of amides is 1. The molecule has 112 valence electrons. The van der Waals surface area contributed by atoms with Crippen molar-refractivity contribution in [2.45, 2.75) is 53.6 Å². The van der Waals surface area contributed by atoms with Gasteiger partial charge in [-0.2, -0.15) is 0 Å². The minimum atomic E-state index is -0.414. The van der Waals surface area contributed by atoms with E-state index in [1.54, 1.807) is 0 Å². The van der Waals surface area contributed by atoms with Gasteiger partial charge in [0.2, 0.25) is 0 Å². The minimum Gasteiger partial charge on any atom is -0.480 e. The van der Waals surface area contributed by atoms with E-state index in [2.05, 4.69) is 19.2 Å². The van der Waals surface area contributed by atoms with E-state index in [4.69, 9.17) is 4.74 Å². The number of aryl methyl sites for hydroxylation is 2. The second kappa shape index (κ2) is 7.93. The van der Waals surface area contributed by atoms with Gasteiger partial charge >= 0.3 is 0 Å². The Labute approximate surface area is 122 Å². The van der Waals surface area contributed by atoms with E-state index in [9.17, 15) is 4.79 Å². The Balaban J connectivity index is 2.62. The van der Waals surface area contributed by atoms with Crippen LogP contribution in [-0.4, -0.2) is 18.6 Å². The summed E-state index contributed by atoms with van der Waals surface area (Å²) >= 11 is 0. The highest BCUT2D eigenvalue weighted by Crippen LogP contribution is 2.21. The predicted octanol–water partition coefficient (Wildman–Crippen LogP) is 3.62. The maximum Gasteiger partial charge on any atom is 0.261 e. The highest BCUT2D eigenvalue weighted by atomic mass is 16.5. The summed E-state index contributed by atoms with van der Waals surface area (Å²) in [5, 5.41) is 2.96. The smallest absolute Gasteiger partial charge is 0.261 e. The molecule has 3 nitrogen and oxygen atoms in total. The minimum absolute atomic E-state index is 0.0194. The quantitative estimate of drug-likeness (QED) is 0.826. The van der Waals surface area contributed by atoms with Crippen LogP contribution in [0.5, 0.6) is 5.75 Å². The maximum absolute atomic E-state index is 12.1. The van der Waals surface area contributed by atoms with Crippen molar-refractivity contribution in [2.75, 3.05) is 6.54 Å². The average Bonchev–Trinajstić information content (AvgIpc) is 2.39. The number of benzene rings is 1. The highest BCUT2D eigenvalue weighted by Gasteiger charge is 2.18. The van der Waals surface area contributed by atoms with Gasteiger partial charge in [-0.1, -0.05) is 32.9 Å². The van der Waals surface area contributed by atoms with Crippen molar-refractivity contribution >= 4 is 5.91 Å². The van der Waals surface area contributed by atoms with Crippen LogP contribution >= 0.6 is 0 Å². The Morgan fingerprint density at radius 1 is 1.30 bits per heavy atom. The fourth-order valence-electron chi connectivity index (χ4n) is 1.91. The summed E-state index contributed by atoms with van der Waals surface area (Å²) in [6, 6.07) is 6.05. The summed E-state index contributed by atoms with van der Waals surface area (Å²) in [6.07, 6.45) is 1.25. The summed E-state index contributed by atoms with van der Waals surface area (Å²) in [5.74, 6) is 1.38. The summed E-state index contributed by atoms with van der Waals surface area (Å²) in [7, 11) is 0. The van der Waals surface area contributed by atoms with Crippen molar-refractivity contribution in [1.82, 2.24) is 5.32 Å². The topological polar surface area (TPSA) is 38.3 Å². The van der Waals surface area contributed by atoms with Gasteiger partial charge in [0.25, 0.3) is 5.91 Å². The lowest BCUT2D eigenvalue weighted by atomic mass is 10.1. The fraction of sp³-hybridized carbons (Fsp3) is 0.588. The van der Waals surface area contributed by atoms with Gasteiger partial charge in [-0.15, -0.1) is 0 Å². The standard InChI is InChI=1S/C17H27NO2/c1-6-15(17(19)18-10-9-12(2)3)20-16-11-13(4)7-8-14(16)5/h7-8,11-12,15H,6,9-10H2,1-5H3,(H,18,19)/t15-/m0/s1. The van der Waals surface area contributed by atoms with Crippen LogP contribution in [0.2, 0.25) is 0 Å². The van der Waals surface area contributed by atoms with Crippen LogP contribution in [-0.2, 0) is 4.79 Å². The Bertz CT molecular complexity index is 441. The summed E-state index contributed by atoms with van der Waals surface area (Å²) in [5.41, 5.74) is 2.20. The lowest BCUT2D eigenvalue weighted by molar-refractivity contribution is -0.128. The molecule has 0 heterocycles. The van der Waals surface area contributed by atoms with Gasteiger partial charge in [-0.3, -0.25) is 4.79 Å². The zero-order valence-electron chi connectivity index (χ0n) is 13.3. The van der Waals surface area contributed by atoms with Gasteiger partial charge in [0.1, 0.15) is 5.75 Å². The van der Waals surface area contributed by atoms with Crippen molar-refractivity contribution in [2.24, 2.45) is 5.92 Å². The number of ether oxygens (including phenoxy) is 1. The number of carbonyl (C=O) groups excluding carboxylic acids is 1. The number of carbonyl (C=O) groups is 1. The number of hydrogen-bond acceptors (Lipinski definition) is 2. The molecule has 3 heteroatoms. The van der Waals surface area contributed by atoms with Gasteiger partial charge in [0.15, 0.2) is 6.10 Å². The second-order valence-electron chi connectivity index (χ2n) is 5.76. The van der Waals surface area contributed by atoms with E-state index in [0.29, 0.717) is 18.9 Å². The van der Waals surface area contributed by atoms with E-state index in [1.807, 2.05) is 39.0 Å². The first-order valence-electron chi connectivity index (χ1n) is 7.45. The van der Waals surface area contributed by atoms with E-state index in [-0.39, 0.29) is 5.91 Å². The highest BCUT2D eigenvalue weighted by molar-refractivity contribution is 5.81. The summed E-state index contributed by atoms with van der Waals surface area (Å²) < 4.78 is 5.88. The van der Waals surface area contributed by atoms with Crippen LogP contribution in [0.4, 0.5) is 0 Å². The first-order chi connectivity index (χ1) is 9.43. The molecule has 0 aliphatic heterocycles. The molecule has 20 heavy (non-hydrogen) atoms. The van der Waals surface area contributed by atoms with Gasteiger partial charge < -0.3 is 10.1 Å². The third-order valence-corrected chi connectivity index (χ3v) is 3.30. The zero-order valence-corrected chi connectivity index (χ0v) is 13.3. The van der Waals surface area contributed by atoms with Crippen molar-refractivity contribution in [3.63, 3.8) is 0 Å². The molecule has 1 N–H and O–H groups in total. The molecule has 0 aliphatic rings. The van der Waals surface area contributed by atoms with Crippen LogP contribution in [0.3, 0.4) is 0 Å². The van der Waals surface area contributed by atoms with E-state index in [1.165, 1.54) is 0 Å². The first-order valence-corrected chi connectivity index (χ1v) is 7.45. The van der Waals surface area contributed by atoms with Crippen LogP contribution in [0.15, 0.2) is 18.2 Å². The fourth-order valence-corrected chi connectivity index (χ4v) is 1.91. The van der Waals surface area contributed by atoms with Gasteiger partial charge in [-0.05, 0) is 49.8 Å². The van der Waals surface area contributed by atoms with Crippen LogP contribution in [0.1, 0.15) is 44.7 Å². The number of rotatable bonds is 7. The molecule has 1 rings (SSSR count). The monoisotopic (exact) mass is 277 g/mol. The molecular weight excluding hydrogens is 250 g/mol. The zero-order chi connectivity index (χ0) is 15.1. The molecule has 1 amide bonds. The van der Waals surface area contributed by atoms with Crippen molar-refractivity contribution in [3.05, 3.63) is 29.3 Å². The molecular formula is C17H27NO2. The van der Waals surface area contributed by atoms with Crippen LogP contribution in [0.25, 0.3) is 0 Å². The van der Waals surface area contributed by atoms with Crippen LogP contribution in [0, 0.1) is 19.8 Å². The van der Waals surface area contributed by atoms with Gasteiger partial charge in [0.05, 0.1) is 0 Å². The van der Waals surface area contributed by atoms with Crippen molar-refractivity contribution < 1.29 is 9.53 Å². The molecule has 0 bridgehead atoms. The van der Waals surface area contributed by atoms with E-state index in [0.717, 1.165) is 23.3 Å². The Hall–Kier alpha value is -1.51. The molecule has 0 saturated heterocycles. The van der Waals surface area contributed by atoms with E-state index >= 15 is 0 Å². The third-order valence-electron chi connectivity index (χ3n) is 3.30. The SMILES string of the molecule is CC[C@H](Oc1cc(C)ccc1C)C(=O)NCCC(C)C. The normalized spacial score (nSPS) is 12.3. The Kier molecular flexibility index (Phi) is 6.56. The lowest BCUT2D eigenvalue weighted by Crippen LogP contribution is -2.38. The number of hydrogen-bond donors (Lipinski definition) is 1. The van der Waals surface area contributed by atoms with Crippen molar-refractivity contribution in [1.29, 1.82) is 0 Å². The molecule has 0 aliphatic carbocycles. The molecule has 0 fully saturated rings. The second-order valence-corrected chi connectivity index (χ2v) is 5.76. The third kappa shape index (κ3) is 5.24.